The van der Waals surface area contributed by atoms with Crippen LogP contribution < -0.4 is 4.84 Å². The molecule has 0 unspecified atom stereocenters. The van der Waals surface area contributed by atoms with Crippen LogP contribution >= 0.6 is 0 Å². The molecule has 0 fully saturated rings. The predicted octanol–water partition coefficient (Wildman–Crippen LogP) is 4.58. The molecule has 0 atom stereocenters. The van der Waals surface area contributed by atoms with Gasteiger partial charge in [-0.2, -0.15) is 4.73 Å². The van der Waals surface area contributed by atoms with Crippen LogP contribution in [0.3, 0.4) is 0 Å². The maximum atomic E-state index is 12.8. The molecule has 0 spiro atoms. The molecule has 0 saturated heterocycles. The first kappa shape index (κ1) is 16.5. The predicted molar refractivity (Wildman–Crippen MR) is 108 cm³/mol. The second-order valence-electron chi connectivity index (χ2n) is 6.83. The zero-order chi connectivity index (χ0) is 18.9. The summed E-state index contributed by atoms with van der Waals surface area (Å²) in [6, 6.07) is 23.4. The van der Waals surface area contributed by atoms with Gasteiger partial charge >= 0.3 is 5.97 Å². The molecule has 2 aromatic carbocycles. The lowest BCUT2D eigenvalue weighted by Gasteiger charge is -2.19. The number of benzene rings is 2. The number of hydrogen-bond donors (Lipinski definition) is 0. The SMILES string of the molecule is O=C(On1c(-c2cccnc2)cc2c1CCc1ccccc1-2)c1ccccc1. The first-order chi connectivity index (χ1) is 13.8. The Morgan fingerprint density at radius 1 is 0.893 bits per heavy atom. The maximum absolute atomic E-state index is 12.8. The molecule has 4 heteroatoms. The molecule has 0 aliphatic heterocycles. The summed E-state index contributed by atoms with van der Waals surface area (Å²) < 4.78 is 1.69. The van der Waals surface area contributed by atoms with Gasteiger partial charge in [0.1, 0.15) is 0 Å². The molecule has 136 valence electrons. The molecule has 0 N–H and O–H groups in total. The van der Waals surface area contributed by atoms with Gasteiger partial charge in [0, 0.05) is 23.5 Å². The molecule has 0 bridgehead atoms. The number of aromatic nitrogens is 2. The second kappa shape index (κ2) is 6.82. The third-order valence-corrected chi connectivity index (χ3v) is 5.14. The molecule has 1 aliphatic carbocycles. The highest BCUT2D eigenvalue weighted by Gasteiger charge is 2.25. The van der Waals surface area contributed by atoms with Crippen molar-refractivity contribution in [3.8, 4) is 22.4 Å². The van der Waals surface area contributed by atoms with Gasteiger partial charge in [-0.25, -0.2) is 4.79 Å². The zero-order valence-electron chi connectivity index (χ0n) is 15.2. The number of rotatable bonds is 3. The van der Waals surface area contributed by atoms with Crippen molar-refractivity contribution >= 4 is 5.97 Å². The molecule has 4 nitrogen and oxygen atoms in total. The lowest BCUT2D eigenvalue weighted by molar-refractivity contribution is 0.0458. The number of pyridine rings is 1. The van der Waals surface area contributed by atoms with E-state index in [2.05, 4.69) is 29.2 Å². The average molecular weight is 366 g/mol. The Bertz CT molecular complexity index is 1150. The van der Waals surface area contributed by atoms with Crippen LogP contribution in [0.5, 0.6) is 0 Å². The van der Waals surface area contributed by atoms with Gasteiger partial charge in [-0.05, 0) is 54.3 Å². The summed E-state index contributed by atoms with van der Waals surface area (Å²) in [5.41, 5.74) is 6.92. The number of hydrogen-bond acceptors (Lipinski definition) is 3. The van der Waals surface area contributed by atoms with Crippen LogP contribution in [0, 0.1) is 0 Å². The number of fused-ring (bicyclic) bond motifs is 3. The van der Waals surface area contributed by atoms with Crippen LogP contribution in [-0.4, -0.2) is 15.7 Å². The topological polar surface area (TPSA) is 44.1 Å². The van der Waals surface area contributed by atoms with E-state index in [4.69, 9.17) is 4.84 Å². The van der Waals surface area contributed by atoms with E-state index in [9.17, 15) is 4.79 Å². The summed E-state index contributed by atoms with van der Waals surface area (Å²) in [7, 11) is 0. The van der Waals surface area contributed by atoms with Crippen molar-refractivity contribution in [3.05, 3.63) is 102 Å². The van der Waals surface area contributed by atoms with Gasteiger partial charge < -0.3 is 4.84 Å². The van der Waals surface area contributed by atoms with Gasteiger partial charge in [0.25, 0.3) is 0 Å². The van der Waals surface area contributed by atoms with Crippen LogP contribution in [0.15, 0.2) is 85.2 Å². The first-order valence-electron chi connectivity index (χ1n) is 9.32. The van der Waals surface area contributed by atoms with Gasteiger partial charge in [-0.15, -0.1) is 0 Å². The van der Waals surface area contributed by atoms with E-state index in [0.29, 0.717) is 5.56 Å². The highest BCUT2D eigenvalue weighted by atomic mass is 16.7. The van der Waals surface area contributed by atoms with Crippen molar-refractivity contribution in [2.24, 2.45) is 0 Å². The molecule has 0 saturated carbocycles. The van der Waals surface area contributed by atoms with E-state index in [0.717, 1.165) is 35.4 Å². The van der Waals surface area contributed by atoms with E-state index in [-0.39, 0.29) is 5.97 Å². The summed E-state index contributed by atoms with van der Waals surface area (Å²) in [5.74, 6) is -0.372. The lowest BCUT2D eigenvalue weighted by atomic mass is 9.90. The maximum Gasteiger partial charge on any atom is 0.363 e. The fraction of sp³-hybridized carbons (Fsp3) is 0.0833. The van der Waals surface area contributed by atoms with Crippen molar-refractivity contribution in [1.29, 1.82) is 0 Å². The molecule has 28 heavy (non-hydrogen) atoms. The molecular weight excluding hydrogens is 348 g/mol. The van der Waals surface area contributed by atoms with E-state index in [1.165, 1.54) is 11.1 Å². The number of carbonyl (C=O) groups is 1. The van der Waals surface area contributed by atoms with E-state index < -0.39 is 0 Å². The van der Waals surface area contributed by atoms with Crippen LogP contribution in [-0.2, 0) is 12.8 Å². The van der Waals surface area contributed by atoms with E-state index in [1.807, 2.05) is 36.4 Å². The summed E-state index contributed by atoms with van der Waals surface area (Å²) in [6.07, 6.45) is 5.26. The lowest BCUT2D eigenvalue weighted by Crippen LogP contribution is -2.23. The van der Waals surface area contributed by atoms with Crippen LogP contribution in [0.4, 0.5) is 0 Å². The zero-order valence-corrected chi connectivity index (χ0v) is 15.2. The number of carbonyl (C=O) groups excluding carboxylic acids is 1. The quantitative estimate of drug-likeness (QED) is 0.533. The summed E-state index contributed by atoms with van der Waals surface area (Å²) in [4.78, 5) is 22.9. The normalized spacial score (nSPS) is 12.1. The fourth-order valence-corrected chi connectivity index (χ4v) is 3.79. The molecule has 1 aliphatic rings. The number of nitrogens with zero attached hydrogens (tertiary/aromatic N) is 2. The van der Waals surface area contributed by atoms with Crippen molar-refractivity contribution in [2.45, 2.75) is 12.8 Å². The smallest absolute Gasteiger partial charge is 0.331 e. The van der Waals surface area contributed by atoms with Gasteiger partial charge in [-0.3, -0.25) is 4.98 Å². The van der Waals surface area contributed by atoms with Crippen molar-refractivity contribution in [3.63, 3.8) is 0 Å². The van der Waals surface area contributed by atoms with Gasteiger partial charge in [0.15, 0.2) is 0 Å². The minimum absolute atomic E-state index is 0.372. The molecular formula is C24H18N2O2. The van der Waals surface area contributed by atoms with Crippen LogP contribution in [0.1, 0.15) is 21.6 Å². The van der Waals surface area contributed by atoms with Crippen molar-refractivity contribution in [2.75, 3.05) is 0 Å². The highest BCUT2D eigenvalue weighted by molar-refractivity contribution is 5.90. The molecule has 2 aromatic heterocycles. The minimum Gasteiger partial charge on any atom is -0.331 e. The minimum atomic E-state index is -0.372. The van der Waals surface area contributed by atoms with Gasteiger partial charge in [0.05, 0.1) is 17.0 Å². The van der Waals surface area contributed by atoms with Crippen molar-refractivity contribution in [1.82, 2.24) is 9.71 Å². The van der Waals surface area contributed by atoms with Gasteiger partial charge in [0.2, 0.25) is 0 Å². The Morgan fingerprint density at radius 3 is 2.54 bits per heavy atom. The molecule has 0 amide bonds. The third-order valence-electron chi connectivity index (χ3n) is 5.14. The summed E-state index contributed by atoms with van der Waals surface area (Å²) >= 11 is 0. The molecule has 5 rings (SSSR count). The van der Waals surface area contributed by atoms with E-state index in [1.54, 1.807) is 29.3 Å². The summed E-state index contributed by atoms with van der Waals surface area (Å²) in [6.45, 7) is 0. The average Bonchev–Trinajstić information content (AvgIpc) is 3.14. The summed E-state index contributed by atoms with van der Waals surface area (Å²) in [5, 5.41) is 0. The Balaban J connectivity index is 1.65. The molecule has 2 heterocycles. The largest absolute Gasteiger partial charge is 0.363 e. The van der Waals surface area contributed by atoms with Crippen LogP contribution in [0.2, 0.25) is 0 Å². The Kier molecular flexibility index (Phi) is 4.02. The monoisotopic (exact) mass is 366 g/mol. The Hall–Kier alpha value is -3.66. The molecule has 4 aromatic rings. The van der Waals surface area contributed by atoms with Crippen LogP contribution in [0.25, 0.3) is 22.4 Å². The Morgan fingerprint density at radius 2 is 1.71 bits per heavy atom. The first-order valence-corrected chi connectivity index (χ1v) is 9.32. The number of aryl methyl sites for hydroxylation is 1. The highest BCUT2D eigenvalue weighted by Crippen LogP contribution is 2.38. The van der Waals surface area contributed by atoms with Crippen molar-refractivity contribution < 1.29 is 9.63 Å². The molecule has 0 radical (unpaired) electrons. The Labute approximate surface area is 163 Å². The van der Waals surface area contributed by atoms with E-state index >= 15 is 0 Å². The third kappa shape index (κ3) is 2.79. The second-order valence-corrected chi connectivity index (χ2v) is 6.83. The van der Waals surface area contributed by atoms with Gasteiger partial charge in [-0.1, -0.05) is 42.5 Å². The fourth-order valence-electron chi connectivity index (χ4n) is 3.79. The standard InChI is InChI=1S/C24H18N2O2/c27-24(18-8-2-1-3-9-18)28-26-22-13-12-17-7-4-5-11-20(17)21(22)15-23(26)19-10-6-14-25-16-19/h1-11,14-16H,12-13H2.